The highest BCUT2D eigenvalue weighted by molar-refractivity contribution is 7.92. The summed E-state index contributed by atoms with van der Waals surface area (Å²) < 4.78 is 78.9. The van der Waals surface area contributed by atoms with Gasteiger partial charge >= 0.3 is 0 Å². The molecule has 2 rings (SSSR count). The minimum atomic E-state index is -4.02. The Morgan fingerprint density at radius 2 is 1.77 bits per heavy atom. The summed E-state index contributed by atoms with van der Waals surface area (Å²) in [5.41, 5.74) is -0.638. The normalized spacial score (nSPS) is 12.5. The van der Waals surface area contributed by atoms with Crippen LogP contribution in [0.1, 0.15) is 6.92 Å². The Morgan fingerprint density at radius 1 is 1.08 bits per heavy atom. The quantitative estimate of drug-likeness (QED) is 0.587. The van der Waals surface area contributed by atoms with E-state index in [-0.39, 0.29) is 5.69 Å². The molecule has 2 aromatic carbocycles. The van der Waals surface area contributed by atoms with Crippen molar-refractivity contribution in [2.75, 3.05) is 15.8 Å². The smallest absolute Gasteiger partial charge is 0.233 e. The first-order valence-electron chi connectivity index (χ1n) is 7.29. The van der Waals surface area contributed by atoms with Gasteiger partial charge in [0.15, 0.2) is 17.5 Å². The minimum absolute atomic E-state index is 0.0238. The van der Waals surface area contributed by atoms with E-state index in [0.29, 0.717) is 6.07 Å². The van der Waals surface area contributed by atoms with Crippen molar-refractivity contribution < 1.29 is 30.8 Å². The fraction of sp³-hybridized carbons (Fsp3) is 0.188. The summed E-state index contributed by atoms with van der Waals surface area (Å²) in [7, 11) is -4.02. The monoisotopic (exact) mass is 390 g/mol. The number of carbonyl (C=O) groups is 1. The molecule has 5 nitrogen and oxygen atoms in total. The molecular weight excluding hydrogens is 376 g/mol. The number of carbonyl (C=O) groups excluding carboxylic acids is 1. The molecular formula is C16H14F4N2O3S. The average Bonchev–Trinajstić information content (AvgIpc) is 2.54. The van der Waals surface area contributed by atoms with Crippen LogP contribution in [0.15, 0.2) is 36.4 Å². The molecule has 0 bridgehead atoms. The van der Waals surface area contributed by atoms with E-state index in [9.17, 15) is 30.8 Å². The topological polar surface area (TPSA) is 75.3 Å². The van der Waals surface area contributed by atoms with Crippen LogP contribution in [0.25, 0.3) is 0 Å². The summed E-state index contributed by atoms with van der Waals surface area (Å²) in [4.78, 5) is 12.0. The number of rotatable bonds is 6. The summed E-state index contributed by atoms with van der Waals surface area (Å²) in [6.45, 7) is 1.25. The van der Waals surface area contributed by atoms with E-state index in [1.165, 1.54) is 19.1 Å². The summed E-state index contributed by atoms with van der Waals surface area (Å²) in [5, 5.41) is 2.00. The third-order valence-electron chi connectivity index (χ3n) is 3.31. The number of benzene rings is 2. The first-order valence-corrected chi connectivity index (χ1v) is 8.94. The first-order chi connectivity index (χ1) is 12.1. The maximum Gasteiger partial charge on any atom is 0.233 e. The maximum absolute atomic E-state index is 13.6. The van der Waals surface area contributed by atoms with Gasteiger partial charge in [0.05, 0.1) is 23.0 Å². The summed E-state index contributed by atoms with van der Waals surface area (Å²) in [6.07, 6.45) is 0. The molecule has 0 saturated carbocycles. The third kappa shape index (κ3) is 4.94. The largest absolute Gasteiger partial charge is 0.323 e. The van der Waals surface area contributed by atoms with Gasteiger partial charge in [0.25, 0.3) is 0 Å². The highest BCUT2D eigenvalue weighted by Crippen LogP contribution is 2.20. The SMILES string of the molecule is CC(CS(=O)(=O)Nc1cccc(F)c1)C(=O)Nc1ccc(F)c(F)c1F. The van der Waals surface area contributed by atoms with Crippen molar-refractivity contribution in [1.82, 2.24) is 0 Å². The lowest BCUT2D eigenvalue weighted by Crippen LogP contribution is -2.30. The van der Waals surface area contributed by atoms with Crippen molar-refractivity contribution in [3.63, 3.8) is 0 Å². The Morgan fingerprint density at radius 3 is 2.42 bits per heavy atom. The van der Waals surface area contributed by atoms with E-state index in [1.807, 2.05) is 5.32 Å². The summed E-state index contributed by atoms with van der Waals surface area (Å²) in [6, 6.07) is 6.15. The fourth-order valence-electron chi connectivity index (χ4n) is 2.06. The lowest BCUT2D eigenvalue weighted by Gasteiger charge is -2.14. The molecule has 0 radical (unpaired) electrons. The molecule has 140 valence electrons. The van der Waals surface area contributed by atoms with E-state index in [1.54, 1.807) is 0 Å². The maximum atomic E-state index is 13.6. The molecule has 1 atom stereocenters. The second-order valence-electron chi connectivity index (χ2n) is 5.51. The highest BCUT2D eigenvalue weighted by atomic mass is 32.2. The minimum Gasteiger partial charge on any atom is -0.323 e. The molecule has 26 heavy (non-hydrogen) atoms. The second kappa shape index (κ2) is 7.73. The Labute approximate surface area is 147 Å². The van der Waals surface area contributed by atoms with Crippen molar-refractivity contribution in [3.8, 4) is 0 Å². The molecule has 1 amide bonds. The lowest BCUT2D eigenvalue weighted by atomic mass is 10.2. The Balaban J connectivity index is 2.05. The van der Waals surface area contributed by atoms with Crippen LogP contribution >= 0.6 is 0 Å². The molecule has 1 unspecified atom stereocenters. The number of halogens is 4. The summed E-state index contributed by atoms with van der Waals surface area (Å²) >= 11 is 0. The number of amides is 1. The van der Waals surface area contributed by atoms with Crippen molar-refractivity contribution in [2.24, 2.45) is 5.92 Å². The molecule has 2 aromatic rings. The molecule has 0 saturated heterocycles. The Hall–Kier alpha value is -2.62. The van der Waals surface area contributed by atoms with E-state index in [0.717, 1.165) is 18.2 Å². The van der Waals surface area contributed by atoms with Gasteiger partial charge in [-0.2, -0.15) is 0 Å². The summed E-state index contributed by atoms with van der Waals surface area (Å²) in [5.74, 6) is -8.18. The van der Waals surface area contributed by atoms with Crippen LogP contribution in [0.5, 0.6) is 0 Å². The molecule has 0 heterocycles. The van der Waals surface area contributed by atoms with Gasteiger partial charge in [-0.05, 0) is 30.3 Å². The van der Waals surface area contributed by atoms with Crippen LogP contribution in [0.4, 0.5) is 28.9 Å². The van der Waals surface area contributed by atoms with Crippen molar-refractivity contribution in [3.05, 3.63) is 59.7 Å². The zero-order valence-corrected chi connectivity index (χ0v) is 14.2. The lowest BCUT2D eigenvalue weighted by molar-refractivity contribution is -0.118. The molecule has 0 spiro atoms. The number of anilines is 2. The number of hydrogen-bond donors (Lipinski definition) is 2. The average molecular weight is 390 g/mol. The third-order valence-corrected chi connectivity index (χ3v) is 4.79. The van der Waals surface area contributed by atoms with Gasteiger partial charge in [0.1, 0.15) is 5.82 Å². The van der Waals surface area contributed by atoms with E-state index in [4.69, 9.17) is 0 Å². The highest BCUT2D eigenvalue weighted by Gasteiger charge is 2.23. The van der Waals surface area contributed by atoms with E-state index in [2.05, 4.69) is 4.72 Å². The number of hydrogen-bond acceptors (Lipinski definition) is 3. The van der Waals surface area contributed by atoms with Gasteiger partial charge in [-0.1, -0.05) is 13.0 Å². The zero-order valence-electron chi connectivity index (χ0n) is 13.4. The second-order valence-corrected chi connectivity index (χ2v) is 7.27. The van der Waals surface area contributed by atoms with Gasteiger partial charge < -0.3 is 5.32 Å². The Bertz CT molecular complexity index is 935. The van der Waals surface area contributed by atoms with Crippen LogP contribution < -0.4 is 10.0 Å². The standard InChI is InChI=1S/C16H14F4N2O3S/c1-9(8-26(24,25)22-11-4-2-3-10(17)7-11)16(23)21-13-6-5-12(18)14(19)15(13)20/h2-7,9,22H,8H2,1H3,(H,21,23). The van der Waals surface area contributed by atoms with Crippen molar-refractivity contribution in [1.29, 1.82) is 0 Å². The van der Waals surface area contributed by atoms with Crippen LogP contribution in [-0.2, 0) is 14.8 Å². The van der Waals surface area contributed by atoms with Crippen molar-refractivity contribution >= 4 is 27.3 Å². The van der Waals surface area contributed by atoms with Crippen LogP contribution in [0, 0.1) is 29.2 Å². The van der Waals surface area contributed by atoms with Gasteiger partial charge in [0, 0.05) is 0 Å². The molecule has 0 aliphatic rings. The van der Waals surface area contributed by atoms with Gasteiger partial charge in [-0.25, -0.2) is 26.0 Å². The molecule has 0 aromatic heterocycles. The predicted octanol–water partition coefficient (Wildman–Crippen LogP) is 3.26. The van der Waals surface area contributed by atoms with Gasteiger partial charge in [-0.15, -0.1) is 0 Å². The van der Waals surface area contributed by atoms with Crippen LogP contribution in [-0.4, -0.2) is 20.1 Å². The Kier molecular flexibility index (Phi) is 5.86. The molecule has 0 aliphatic heterocycles. The van der Waals surface area contributed by atoms with Crippen molar-refractivity contribution in [2.45, 2.75) is 6.92 Å². The van der Waals surface area contributed by atoms with Gasteiger partial charge in [0.2, 0.25) is 15.9 Å². The predicted molar refractivity (Wildman–Crippen MR) is 87.9 cm³/mol. The molecule has 10 heteroatoms. The molecule has 0 fully saturated rings. The number of sulfonamides is 1. The van der Waals surface area contributed by atoms with Crippen LogP contribution in [0.2, 0.25) is 0 Å². The fourth-order valence-corrected chi connectivity index (χ4v) is 3.44. The van der Waals surface area contributed by atoms with Crippen LogP contribution in [0.3, 0.4) is 0 Å². The molecule has 0 aliphatic carbocycles. The first kappa shape index (κ1) is 19.7. The zero-order chi connectivity index (χ0) is 19.5. The number of nitrogens with one attached hydrogen (secondary N) is 2. The van der Waals surface area contributed by atoms with Gasteiger partial charge in [-0.3, -0.25) is 9.52 Å². The van der Waals surface area contributed by atoms with E-state index >= 15 is 0 Å². The molecule has 2 N–H and O–H groups in total. The van der Waals surface area contributed by atoms with E-state index < -0.39 is 56.6 Å².